The highest BCUT2D eigenvalue weighted by Gasteiger charge is 2.20. The van der Waals surface area contributed by atoms with Crippen LogP contribution in [-0.2, 0) is 6.54 Å². The standard InChI is InChI=1S/C15H25N3O/c1-12(2)18-9-6-14(7-10-18)17-11-13-5-4-8-16-15(13)19-3/h4-5,8,12,14,17H,6-7,9-11H2,1-3H3. The summed E-state index contributed by atoms with van der Waals surface area (Å²) >= 11 is 0. The van der Waals surface area contributed by atoms with Crippen LogP contribution in [0.5, 0.6) is 5.88 Å². The first-order chi connectivity index (χ1) is 9.20. The van der Waals surface area contributed by atoms with Crippen molar-refractivity contribution in [3.63, 3.8) is 0 Å². The minimum absolute atomic E-state index is 0.611. The van der Waals surface area contributed by atoms with E-state index in [4.69, 9.17) is 4.74 Å². The summed E-state index contributed by atoms with van der Waals surface area (Å²) in [7, 11) is 1.67. The number of rotatable bonds is 5. The Kier molecular flexibility index (Phi) is 5.16. The molecule has 1 fully saturated rings. The van der Waals surface area contributed by atoms with Crippen molar-refractivity contribution in [2.75, 3.05) is 20.2 Å². The van der Waals surface area contributed by atoms with Gasteiger partial charge in [0, 0.05) is 30.4 Å². The molecule has 0 aliphatic carbocycles. The van der Waals surface area contributed by atoms with Gasteiger partial charge in [0.1, 0.15) is 0 Å². The van der Waals surface area contributed by atoms with Crippen molar-refractivity contribution in [2.24, 2.45) is 0 Å². The molecule has 106 valence electrons. The van der Waals surface area contributed by atoms with Crippen LogP contribution in [0.1, 0.15) is 32.3 Å². The third-order valence-electron chi connectivity index (χ3n) is 3.88. The van der Waals surface area contributed by atoms with Gasteiger partial charge >= 0.3 is 0 Å². The van der Waals surface area contributed by atoms with Gasteiger partial charge in [0.2, 0.25) is 5.88 Å². The number of likely N-dealkylation sites (tertiary alicyclic amines) is 1. The van der Waals surface area contributed by atoms with Crippen molar-refractivity contribution >= 4 is 0 Å². The molecule has 1 N–H and O–H groups in total. The van der Waals surface area contributed by atoms with Gasteiger partial charge in [-0.05, 0) is 45.8 Å². The van der Waals surface area contributed by atoms with Gasteiger partial charge in [0.05, 0.1) is 7.11 Å². The average Bonchev–Trinajstić information content (AvgIpc) is 2.45. The van der Waals surface area contributed by atoms with Crippen LogP contribution in [0.2, 0.25) is 0 Å². The Morgan fingerprint density at radius 3 is 2.79 bits per heavy atom. The third kappa shape index (κ3) is 3.91. The van der Waals surface area contributed by atoms with E-state index in [2.05, 4.69) is 35.1 Å². The molecule has 0 unspecified atom stereocenters. The summed E-state index contributed by atoms with van der Waals surface area (Å²) in [6.07, 6.45) is 4.21. The maximum Gasteiger partial charge on any atom is 0.217 e. The largest absolute Gasteiger partial charge is 0.481 e. The van der Waals surface area contributed by atoms with Crippen molar-refractivity contribution in [1.82, 2.24) is 15.2 Å². The molecule has 0 bridgehead atoms. The summed E-state index contributed by atoms with van der Waals surface area (Å²) < 4.78 is 5.27. The van der Waals surface area contributed by atoms with Gasteiger partial charge in [-0.25, -0.2) is 4.98 Å². The highest BCUT2D eigenvalue weighted by atomic mass is 16.5. The molecule has 0 spiro atoms. The van der Waals surface area contributed by atoms with E-state index in [1.807, 2.05) is 6.07 Å². The molecule has 19 heavy (non-hydrogen) atoms. The molecule has 0 radical (unpaired) electrons. The summed E-state index contributed by atoms with van der Waals surface area (Å²) in [5.41, 5.74) is 1.14. The summed E-state index contributed by atoms with van der Waals surface area (Å²) in [6.45, 7) is 7.77. The fourth-order valence-electron chi connectivity index (χ4n) is 2.62. The first-order valence-corrected chi connectivity index (χ1v) is 7.16. The van der Waals surface area contributed by atoms with Gasteiger partial charge in [-0.1, -0.05) is 6.07 Å². The van der Waals surface area contributed by atoms with E-state index < -0.39 is 0 Å². The second-order valence-corrected chi connectivity index (χ2v) is 5.46. The van der Waals surface area contributed by atoms with E-state index in [-0.39, 0.29) is 0 Å². The Morgan fingerprint density at radius 1 is 1.42 bits per heavy atom. The zero-order valence-electron chi connectivity index (χ0n) is 12.2. The number of methoxy groups -OCH3 is 1. The van der Waals surface area contributed by atoms with Crippen LogP contribution in [0.15, 0.2) is 18.3 Å². The van der Waals surface area contributed by atoms with Gasteiger partial charge in [-0.15, -0.1) is 0 Å². The first kappa shape index (κ1) is 14.3. The predicted molar refractivity (Wildman–Crippen MR) is 77.4 cm³/mol. The highest BCUT2D eigenvalue weighted by molar-refractivity contribution is 5.25. The van der Waals surface area contributed by atoms with E-state index >= 15 is 0 Å². The molecule has 4 heteroatoms. The molecule has 2 rings (SSSR count). The van der Waals surface area contributed by atoms with Gasteiger partial charge in [0.25, 0.3) is 0 Å². The minimum Gasteiger partial charge on any atom is -0.481 e. The number of piperidine rings is 1. The fourth-order valence-corrected chi connectivity index (χ4v) is 2.62. The maximum absolute atomic E-state index is 5.27. The summed E-state index contributed by atoms with van der Waals surface area (Å²) in [6, 6.07) is 5.31. The lowest BCUT2D eigenvalue weighted by atomic mass is 10.0. The van der Waals surface area contributed by atoms with Crippen LogP contribution < -0.4 is 10.1 Å². The van der Waals surface area contributed by atoms with Crippen LogP contribution in [0.3, 0.4) is 0 Å². The lowest BCUT2D eigenvalue weighted by Crippen LogP contribution is -2.44. The van der Waals surface area contributed by atoms with Crippen molar-refractivity contribution in [3.05, 3.63) is 23.9 Å². The number of nitrogens with one attached hydrogen (secondary N) is 1. The Morgan fingerprint density at radius 2 is 2.16 bits per heavy atom. The summed E-state index contributed by atoms with van der Waals surface area (Å²) in [4.78, 5) is 6.77. The third-order valence-corrected chi connectivity index (χ3v) is 3.88. The molecule has 0 amide bonds. The highest BCUT2D eigenvalue weighted by Crippen LogP contribution is 2.16. The molecule has 0 atom stereocenters. The monoisotopic (exact) mass is 263 g/mol. The molecule has 2 heterocycles. The normalized spacial score (nSPS) is 17.9. The smallest absolute Gasteiger partial charge is 0.217 e. The molecule has 4 nitrogen and oxygen atoms in total. The Bertz CT molecular complexity index is 387. The van der Waals surface area contributed by atoms with E-state index in [0.29, 0.717) is 12.1 Å². The molecule has 1 aliphatic rings. The van der Waals surface area contributed by atoms with Gasteiger partial charge in [0.15, 0.2) is 0 Å². The quantitative estimate of drug-likeness (QED) is 0.882. The van der Waals surface area contributed by atoms with E-state index in [0.717, 1.165) is 18.0 Å². The number of nitrogens with zero attached hydrogens (tertiary/aromatic N) is 2. The van der Waals surface area contributed by atoms with Gasteiger partial charge in [-0.2, -0.15) is 0 Å². The second-order valence-electron chi connectivity index (χ2n) is 5.46. The van der Waals surface area contributed by atoms with E-state index in [9.17, 15) is 0 Å². The molecular weight excluding hydrogens is 238 g/mol. The maximum atomic E-state index is 5.27. The average molecular weight is 263 g/mol. The fraction of sp³-hybridized carbons (Fsp3) is 0.667. The van der Waals surface area contributed by atoms with Gasteiger partial charge in [-0.3, -0.25) is 0 Å². The number of hydrogen-bond donors (Lipinski definition) is 1. The number of ether oxygens (including phenoxy) is 1. The zero-order chi connectivity index (χ0) is 13.7. The van der Waals surface area contributed by atoms with Crippen molar-refractivity contribution in [1.29, 1.82) is 0 Å². The van der Waals surface area contributed by atoms with Crippen LogP contribution in [0.25, 0.3) is 0 Å². The molecule has 1 aromatic heterocycles. The van der Waals surface area contributed by atoms with Crippen molar-refractivity contribution < 1.29 is 4.74 Å². The van der Waals surface area contributed by atoms with Gasteiger partial charge < -0.3 is 15.0 Å². The van der Waals surface area contributed by atoms with Crippen LogP contribution in [0, 0.1) is 0 Å². The number of hydrogen-bond acceptors (Lipinski definition) is 4. The molecular formula is C15H25N3O. The summed E-state index contributed by atoms with van der Waals surface area (Å²) in [5, 5.41) is 3.63. The summed E-state index contributed by atoms with van der Waals surface area (Å²) in [5.74, 6) is 0.731. The topological polar surface area (TPSA) is 37.4 Å². The Hall–Kier alpha value is -1.13. The molecule has 1 aromatic rings. The molecule has 0 saturated carbocycles. The second kappa shape index (κ2) is 6.87. The Labute approximate surface area is 116 Å². The minimum atomic E-state index is 0.611. The van der Waals surface area contributed by atoms with Crippen LogP contribution in [0.4, 0.5) is 0 Å². The predicted octanol–water partition coefficient (Wildman–Crippen LogP) is 2.05. The number of aromatic nitrogens is 1. The van der Waals surface area contributed by atoms with Crippen LogP contribution >= 0.6 is 0 Å². The number of pyridine rings is 1. The lowest BCUT2D eigenvalue weighted by Gasteiger charge is -2.35. The molecule has 0 aromatic carbocycles. The molecule has 1 aliphatic heterocycles. The first-order valence-electron chi connectivity index (χ1n) is 7.16. The van der Waals surface area contributed by atoms with Crippen molar-refractivity contribution in [2.45, 2.75) is 45.3 Å². The molecule has 1 saturated heterocycles. The van der Waals surface area contributed by atoms with Crippen molar-refractivity contribution in [3.8, 4) is 5.88 Å². The van der Waals surface area contributed by atoms with E-state index in [1.165, 1.54) is 25.9 Å². The Balaban J connectivity index is 1.80. The zero-order valence-corrected chi connectivity index (χ0v) is 12.2. The lowest BCUT2D eigenvalue weighted by molar-refractivity contribution is 0.160. The van der Waals surface area contributed by atoms with E-state index in [1.54, 1.807) is 13.3 Å². The van der Waals surface area contributed by atoms with Crippen LogP contribution in [-0.4, -0.2) is 42.2 Å². The SMILES string of the molecule is COc1ncccc1CNC1CCN(C(C)C)CC1.